The molecular formula is C17H25N7O2. The number of rotatable bonds is 4. The molecule has 1 fully saturated rings. The Balaban J connectivity index is 1.62. The van der Waals surface area contributed by atoms with Crippen LogP contribution in [0.25, 0.3) is 0 Å². The average Bonchev–Trinajstić information content (AvgIpc) is 3.30. The summed E-state index contributed by atoms with van der Waals surface area (Å²) in [4.78, 5) is 21.0. The number of hydrogen-bond donors (Lipinski definition) is 1. The number of aliphatic imine (C=N–C) groups is 1. The van der Waals surface area contributed by atoms with E-state index in [-0.39, 0.29) is 5.91 Å². The van der Waals surface area contributed by atoms with Crippen molar-refractivity contribution in [2.45, 2.75) is 20.4 Å². The summed E-state index contributed by atoms with van der Waals surface area (Å²) in [7, 11) is 1.94. The Labute approximate surface area is 152 Å². The zero-order chi connectivity index (χ0) is 18.5. The van der Waals surface area contributed by atoms with E-state index < -0.39 is 0 Å². The minimum absolute atomic E-state index is 0.0638. The fraction of sp³-hybridized carbons (Fsp3) is 0.529. The van der Waals surface area contributed by atoms with Crippen LogP contribution in [0.4, 0.5) is 0 Å². The molecular weight excluding hydrogens is 334 g/mol. The van der Waals surface area contributed by atoms with Gasteiger partial charge in [0.25, 0.3) is 5.91 Å². The second kappa shape index (κ2) is 8.03. The maximum absolute atomic E-state index is 12.4. The van der Waals surface area contributed by atoms with Crippen LogP contribution in [0.15, 0.2) is 27.8 Å². The normalized spacial score (nSPS) is 15.4. The van der Waals surface area contributed by atoms with Gasteiger partial charge in [-0.05, 0) is 26.0 Å². The Hall–Kier alpha value is -2.84. The van der Waals surface area contributed by atoms with Crippen LogP contribution < -0.4 is 5.32 Å². The van der Waals surface area contributed by atoms with E-state index in [0.29, 0.717) is 25.4 Å². The first kappa shape index (κ1) is 18.0. The first-order valence-corrected chi connectivity index (χ1v) is 8.81. The number of aryl methyl sites for hydroxylation is 1. The van der Waals surface area contributed by atoms with Crippen LogP contribution in [0.5, 0.6) is 0 Å². The lowest BCUT2D eigenvalue weighted by atomic mass is 10.3. The van der Waals surface area contributed by atoms with Crippen molar-refractivity contribution in [1.29, 1.82) is 0 Å². The van der Waals surface area contributed by atoms with Gasteiger partial charge in [-0.1, -0.05) is 0 Å². The van der Waals surface area contributed by atoms with Crippen molar-refractivity contribution >= 4 is 11.9 Å². The number of nitrogens with one attached hydrogen (secondary N) is 1. The quantitative estimate of drug-likeness (QED) is 0.636. The molecule has 0 saturated carbocycles. The van der Waals surface area contributed by atoms with E-state index in [1.165, 1.54) is 6.26 Å². The van der Waals surface area contributed by atoms with Crippen LogP contribution in [-0.2, 0) is 13.6 Å². The van der Waals surface area contributed by atoms with Gasteiger partial charge < -0.3 is 24.1 Å². The molecule has 1 N–H and O–H groups in total. The number of furan rings is 1. The fourth-order valence-corrected chi connectivity index (χ4v) is 2.84. The molecule has 0 radical (unpaired) electrons. The third kappa shape index (κ3) is 3.87. The number of guanidine groups is 1. The van der Waals surface area contributed by atoms with Gasteiger partial charge in [0.1, 0.15) is 12.4 Å². The largest absolute Gasteiger partial charge is 0.459 e. The first-order chi connectivity index (χ1) is 12.6. The monoisotopic (exact) mass is 359 g/mol. The molecule has 2 aromatic heterocycles. The lowest BCUT2D eigenvalue weighted by Gasteiger charge is -2.36. The van der Waals surface area contributed by atoms with Crippen LogP contribution in [0, 0.1) is 6.92 Å². The van der Waals surface area contributed by atoms with Crippen molar-refractivity contribution in [3.8, 4) is 0 Å². The van der Waals surface area contributed by atoms with E-state index in [1.54, 1.807) is 12.1 Å². The van der Waals surface area contributed by atoms with Crippen LogP contribution in [0.3, 0.4) is 0 Å². The summed E-state index contributed by atoms with van der Waals surface area (Å²) in [6, 6.07) is 3.43. The molecule has 1 amide bonds. The predicted octanol–water partition coefficient (Wildman–Crippen LogP) is 0.640. The summed E-state index contributed by atoms with van der Waals surface area (Å²) in [5.74, 6) is 2.84. The van der Waals surface area contributed by atoms with Crippen molar-refractivity contribution in [2.75, 3.05) is 32.7 Å². The first-order valence-electron chi connectivity index (χ1n) is 8.81. The van der Waals surface area contributed by atoms with E-state index in [2.05, 4.69) is 25.4 Å². The Kier molecular flexibility index (Phi) is 5.55. The van der Waals surface area contributed by atoms with Gasteiger partial charge in [-0.25, -0.2) is 4.99 Å². The molecule has 0 atom stereocenters. The predicted molar refractivity (Wildman–Crippen MR) is 96.7 cm³/mol. The molecule has 1 aliphatic heterocycles. The number of nitrogens with zero attached hydrogens (tertiary/aromatic N) is 6. The Morgan fingerprint density at radius 1 is 1.27 bits per heavy atom. The third-order valence-electron chi connectivity index (χ3n) is 4.49. The Morgan fingerprint density at radius 2 is 2.00 bits per heavy atom. The molecule has 9 nitrogen and oxygen atoms in total. The van der Waals surface area contributed by atoms with E-state index in [9.17, 15) is 4.79 Å². The topological polar surface area (TPSA) is 91.8 Å². The van der Waals surface area contributed by atoms with E-state index in [0.717, 1.165) is 37.2 Å². The van der Waals surface area contributed by atoms with Gasteiger partial charge in [0.05, 0.1) is 6.26 Å². The van der Waals surface area contributed by atoms with Gasteiger partial charge in [-0.2, -0.15) is 0 Å². The lowest BCUT2D eigenvalue weighted by molar-refractivity contribution is 0.0657. The maximum atomic E-state index is 12.4. The standard InChI is InChI=1S/C17H25N7O2/c1-4-18-17(19-12-15-21-20-13(2)22(15)3)24-9-7-23(8-10-24)16(25)14-6-5-11-26-14/h5-6,11H,4,7-10,12H2,1-3H3,(H,18,19). The number of aromatic nitrogens is 3. The zero-order valence-corrected chi connectivity index (χ0v) is 15.5. The summed E-state index contributed by atoms with van der Waals surface area (Å²) < 4.78 is 7.14. The highest BCUT2D eigenvalue weighted by Gasteiger charge is 2.25. The molecule has 0 aromatic carbocycles. The number of carbonyl (C=O) groups is 1. The summed E-state index contributed by atoms with van der Waals surface area (Å²) in [5, 5.41) is 11.5. The molecule has 3 heterocycles. The summed E-state index contributed by atoms with van der Waals surface area (Å²) in [6.45, 7) is 7.90. The highest BCUT2D eigenvalue weighted by Crippen LogP contribution is 2.10. The summed E-state index contributed by atoms with van der Waals surface area (Å²) >= 11 is 0. The minimum Gasteiger partial charge on any atom is -0.459 e. The summed E-state index contributed by atoms with van der Waals surface area (Å²) in [6.07, 6.45) is 1.52. The highest BCUT2D eigenvalue weighted by atomic mass is 16.3. The Morgan fingerprint density at radius 3 is 2.58 bits per heavy atom. The van der Waals surface area contributed by atoms with E-state index in [1.807, 2.05) is 30.4 Å². The maximum Gasteiger partial charge on any atom is 0.289 e. The van der Waals surface area contributed by atoms with Crippen LogP contribution in [0.2, 0.25) is 0 Å². The molecule has 3 rings (SSSR count). The Bertz CT molecular complexity index is 758. The van der Waals surface area contributed by atoms with Crippen LogP contribution >= 0.6 is 0 Å². The average molecular weight is 359 g/mol. The number of carbonyl (C=O) groups excluding carboxylic acids is 1. The zero-order valence-electron chi connectivity index (χ0n) is 15.5. The second-order valence-corrected chi connectivity index (χ2v) is 6.15. The van der Waals surface area contributed by atoms with Gasteiger partial charge in [-0.15, -0.1) is 10.2 Å². The van der Waals surface area contributed by atoms with E-state index in [4.69, 9.17) is 4.42 Å². The summed E-state index contributed by atoms with van der Waals surface area (Å²) in [5.41, 5.74) is 0. The third-order valence-corrected chi connectivity index (χ3v) is 4.49. The van der Waals surface area contributed by atoms with Crippen molar-refractivity contribution in [2.24, 2.45) is 12.0 Å². The number of amides is 1. The molecule has 0 aliphatic carbocycles. The lowest BCUT2D eigenvalue weighted by Crippen LogP contribution is -2.53. The van der Waals surface area contributed by atoms with Crippen molar-refractivity contribution < 1.29 is 9.21 Å². The van der Waals surface area contributed by atoms with Gasteiger partial charge in [0.2, 0.25) is 0 Å². The van der Waals surface area contributed by atoms with Gasteiger partial charge in [0, 0.05) is 39.8 Å². The fourth-order valence-electron chi connectivity index (χ4n) is 2.84. The number of hydrogen-bond acceptors (Lipinski definition) is 5. The van der Waals surface area contributed by atoms with Crippen molar-refractivity contribution in [3.63, 3.8) is 0 Å². The van der Waals surface area contributed by atoms with Crippen LogP contribution in [-0.4, -0.2) is 69.2 Å². The van der Waals surface area contributed by atoms with Gasteiger partial charge in [0.15, 0.2) is 17.5 Å². The smallest absolute Gasteiger partial charge is 0.289 e. The second-order valence-electron chi connectivity index (χ2n) is 6.15. The molecule has 1 aliphatic rings. The SMILES string of the molecule is CCNC(=NCc1nnc(C)n1C)N1CCN(C(=O)c2ccco2)CC1. The number of piperazine rings is 1. The van der Waals surface area contributed by atoms with Crippen molar-refractivity contribution in [1.82, 2.24) is 29.9 Å². The molecule has 1 saturated heterocycles. The molecule has 26 heavy (non-hydrogen) atoms. The van der Waals surface area contributed by atoms with Crippen molar-refractivity contribution in [3.05, 3.63) is 35.8 Å². The molecule has 140 valence electrons. The highest BCUT2D eigenvalue weighted by molar-refractivity contribution is 5.91. The molecule has 2 aromatic rings. The van der Waals surface area contributed by atoms with Gasteiger partial charge >= 0.3 is 0 Å². The van der Waals surface area contributed by atoms with Crippen LogP contribution in [0.1, 0.15) is 29.1 Å². The molecule has 0 bridgehead atoms. The van der Waals surface area contributed by atoms with Gasteiger partial charge in [-0.3, -0.25) is 4.79 Å². The molecule has 9 heteroatoms. The van der Waals surface area contributed by atoms with E-state index >= 15 is 0 Å². The minimum atomic E-state index is -0.0638. The molecule has 0 unspecified atom stereocenters. The molecule has 0 spiro atoms.